The first-order chi connectivity index (χ1) is 14.3. The van der Waals surface area contributed by atoms with E-state index in [1.165, 1.54) is 17.6 Å². The molecule has 0 radical (unpaired) electrons. The van der Waals surface area contributed by atoms with Crippen LogP contribution in [0.2, 0.25) is 0 Å². The van der Waals surface area contributed by atoms with E-state index in [2.05, 4.69) is 38.1 Å². The zero-order valence-corrected chi connectivity index (χ0v) is 18.6. The number of ether oxygens (including phenoxy) is 1. The maximum absolute atomic E-state index is 11.4. The second-order valence-corrected chi connectivity index (χ2v) is 10.8. The average Bonchev–Trinajstić information content (AvgIpc) is 3.00. The average molecular weight is 409 g/mol. The van der Waals surface area contributed by atoms with Gasteiger partial charge in [0.05, 0.1) is 19.3 Å². The first kappa shape index (κ1) is 20.3. The van der Waals surface area contributed by atoms with E-state index in [0.717, 1.165) is 49.8 Å². The molecular formula is C27H36O3. The Balaban J connectivity index is 1.44. The molecule has 0 bridgehead atoms. The number of benzene rings is 1. The van der Waals surface area contributed by atoms with Crippen LogP contribution in [0.5, 0.6) is 5.75 Å². The predicted molar refractivity (Wildman–Crippen MR) is 120 cm³/mol. The Kier molecular flexibility index (Phi) is 4.91. The van der Waals surface area contributed by atoms with Gasteiger partial charge in [0, 0.05) is 5.41 Å². The monoisotopic (exact) mass is 408 g/mol. The lowest BCUT2D eigenvalue weighted by Crippen LogP contribution is -2.51. The van der Waals surface area contributed by atoms with E-state index in [1.54, 1.807) is 7.11 Å². The Hall–Kier alpha value is -1.58. The lowest BCUT2D eigenvalue weighted by Gasteiger charge is -2.57. The Labute approximate surface area is 180 Å². The zero-order chi connectivity index (χ0) is 21.1. The molecule has 0 heterocycles. The summed E-state index contributed by atoms with van der Waals surface area (Å²) in [6, 6.07) is 8.14. The predicted octanol–water partition coefficient (Wildman–Crippen LogP) is 5.37. The fourth-order valence-electron chi connectivity index (χ4n) is 7.55. The van der Waals surface area contributed by atoms with E-state index in [9.17, 15) is 10.2 Å². The summed E-state index contributed by atoms with van der Waals surface area (Å²) in [5.41, 5.74) is 4.08. The van der Waals surface area contributed by atoms with Crippen molar-refractivity contribution in [3.05, 3.63) is 47.1 Å². The highest BCUT2D eigenvalue weighted by Gasteiger charge is 2.59. The summed E-state index contributed by atoms with van der Waals surface area (Å²) in [5.74, 6) is 2.74. The van der Waals surface area contributed by atoms with Crippen LogP contribution in [0.1, 0.15) is 64.4 Å². The maximum Gasteiger partial charge on any atom is 0.118 e. The first-order valence-corrected chi connectivity index (χ1v) is 11.8. The lowest BCUT2D eigenvalue weighted by molar-refractivity contribution is -0.0685. The van der Waals surface area contributed by atoms with Gasteiger partial charge in [0.1, 0.15) is 5.75 Å². The molecular weight excluding hydrogens is 372 g/mol. The van der Waals surface area contributed by atoms with Gasteiger partial charge in [-0.1, -0.05) is 43.7 Å². The third-order valence-electron chi connectivity index (χ3n) is 9.41. The molecule has 0 unspecified atom stereocenters. The molecule has 0 amide bonds. The van der Waals surface area contributed by atoms with Crippen molar-refractivity contribution < 1.29 is 14.9 Å². The van der Waals surface area contributed by atoms with E-state index in [0.29, 0.717) is 17.8 Å². The van der Waals surface area contributed by atoms with E-state index in [1.807, 2.05) is 12.1 Å². The first-order valence-electron chi connectivity index (χ1n) is 11.8. The smallest absolute Gasteiger partial charge is 0.118 e. The number of fused-ring (bicyclic) bond motifs is 5. The summed E-state index contributed by atoms with van der Waals surface area (Å²) in [6.07, 6.45) is 11.5. The minimum atomic E-state index is -0.350. The van der Waals surface area contributed by atoms with Crippen molar-refractivity contribution in [2.45, 2.75) is 71.0 Å². The molecule has 0 aromatic heterocycles. The molecule has 3 fully saturated rings. The summed E-state index contributed by atoms with van der Waals surface area (Å²) in [7, 11) is 1.69. The maximum atomic E-state index is 11.4. The van der Waals surface area contributed by atoms with Crippen molar-refractivity contribution in [2.75, 3.05) is 7.11 Å². The second-order valence-electron chi connectivity index (χ2n) is 10.8. The molecule has 1 aromatic rings. The van der Waals surface area contributed by atoms with E-state index in [-0.39, 0.29) is 23.0 Å². The van der Waals surface area contributed by atoms with Crippen LogP contribution in [-0.2, 0) is 0 Å². The number of hydrogen-bond donors (Lipinski definition) is 2. The molecule has 4 aliphatic carbocycles. The number of aliphatic hydroxyl groups is 2. The number of rotatable bonds is 2. The van der Waals surface area contributed by atoms with Crippen molar-refractivity contribution in [3.8, 4) is 5.75 Å². The molecule has 2 N–H and O–H groups in total. The Morgan fingerprint density at radius 2 is 1.77 bits per heavy atom. The quantitative estimate of drug-likeness (QED) is 0.647. The highest BCUT2D eigenvalue weighted by Crippen LogP contribution is 2.65. The summed E-state index contributed by atoms with van der Waals surface area (Å²) < 4.78 is 5.28. The van der Waals surface area contributed by atoms with Crippen molar-refractivity contribution in [1.82, 2.24) is 0 Å². The normalized spacial score (nSPS) is 44.1. The highest BCUT2D eigenvalue weighted by atomic mass is 16.5. The Morgan fingerprint density at radius 1 is 1.00 bits per heavy atom. The molecule has 3 saturated carbocycles. The molecule has 0 saturated heterocycles. The van der Waals surface area contributed by atoms with Crippen molar-refractivity contribution in [2.24, 2.45) is 28.6 Å². The number of methoxy groups -OCH3 is 1. The second kappa shape index (κ2) is 7.24. The zero-order valence-electron chi connectivity index (χ0n) is 18.6. The van der Waals surface area contributed by atoms with Crippen LogP contribution in [0.15, 0.2) is 41.5 Å². The standard InChI is InChI=1S/C27H36O3/c1-26-12-10-20(28)16-19(26)6-9-22-23(26)11-13-27(2)24(22)15-18(25(27)29)14-17-4-7-21(30-3)8-5-17/h4-8,14,20,22-25,28-29H,9-13,15-16H2,1-3H3/b18-14+/t20-,22+,23-,24-,25+,26-,27-/m0/s1. The fourth-order valence-corrected chi connectivity index (χ4v) is 7.55. The van der Waals surface area contributed by atoms with Crippen LogP contribution in [0, 0.1) is 28.6 Å². The lowest BCUT2D eigenvalue weighted by atomic mass is 9.48. The van der Waals surface area contributed by atoms with Crippen LogP contribution in [-0.4, -0.2) is 29.5 Å². The fraction of sp³-hybridized carbons (Fsp3) is 0.630. The topological polar surface area (TPSA) is 49.7 Å². The van der Waals surface area contributed by atoms with Gasteiger partial charge in [-0.15, -0.1) is 0 Å². The van der Waals surface area contributed by atoms with E-state index in [4.69, 9.17) is 4.74 Å². The molecule has 3 heteroatoms. The van der Waals surface area contributed by atoms with Gasteiger partial charge in [0.15, 0.2) is 0 Å². The molecule has 4 aliphatic rings. The third kappa shape index (κ3) is 3.00. The summed E-state index contributed by atoms with van der Waals surface area (Å²) in [6.45, 7) is 4.79. The van der Waals surface area contributed by atoms with Crippen LogP contribution < -0.4 is 4.74 Å². The van der Waals surface area contributed by atoms with Gasteiger partial charge in [0.25, 0.3) is 0 Å². The SMILES string of the molecule is COc1ccc(/C=C2\C[C@H]3[C@@H]4CC=C5C[C@@H](O)CC[C@]5(C)[C@H]4CC[C@]3(C)[C@@H]2O)cc1. The van der Waals surface area contributed by atoms with Crippen LogP contribution in [0.4, 0.5) is 0 Å². The largest absolute Gasteiger partial charge is 0.497 e. The number of aliphatic hydroxyl groups excluding tert-OH is 2. The summed E-state index contributed by atoms with van der Waals surface area (Å²) in [5, 5.41) is 21.6. The van der Waals surface area contributed by atoms with E-state index < -0.39 is 0 Å². The van der Waals surface area contributed by atoms with Gasteiger partial charge in [-0.25, -0.2) is 0 Å². The molecule has 1 aromatic carbocycles. The molecule has 0 spiro atoms. The Morgan fingerprint density at radius 3 is 2.50 bits per heavy atom. The number of allylic oxidation sites excluding steroid dienone is 1. The molecule has 7 atom stereocenters. The molecule has 5 rings (SSSR count). The minimum Gasteiger partial charge on any atom is -0.497 e. The third-order valence-corrected chi connectivity index (χ3v) is 9.41. The molecule has 162 valence electrons. The molecule has 30 heavy (non-hydrogen) atoms. The molecule has 3 nitrogen and oxygen atoms in total. The van der Waals surface area contributed by atoms with Crippen molar-refractivity contribution >= 4 is 6.08 Å². The van der Waals surface area contributed by atoms with Gasteiger partial charge in [-0.05, 0) is 91.4 Å². The van der Waals surface area contributed by atoms with Crippen LogP contribution >= 0.6 is 0 Å². The van der Waals surface area contributed by atoms with Crippen molar-refractivity contribution in [3.63, 3.8) is 0 Å². The molecule has 0 aliphatic heterocycles. The van der Waals surface area contributed by atoms with Gasteiger partial charge >= 0.3 is 0 Å². The highest BCUT2D eigenvalue weighted by molar-refractivity contribution is 5.56. The van der Waals surface area contributed by atoms with Gasteiger partial charge < -0.3 is 14.9 Å². The number of hydrogen-bond acceptors (Lipinski definition) is 3. The van der Waals surface area contributed by atoms with Gasteiger partial charge in [0.2, 0.25) is 0 Å². The Bertz CT molecular complexity index is 869. The van der Waals surface area contributed by atoms with Crippen molar-refractivity contribution in [1.29, 1.82) is 0 Å². The van der Waals surface area contributed by atoms with E-state index >= 15 is 0 Å². The minimum absolute atomic E-state index is 0.0185. The van der Waals surface area contributed by atoms with Crippen LogP contribution in [0.25, 0.3) is 6.08 Å². The van der Waals surface area contributed by atoms with Crippen LogP contribution in [0.3, 0.4) is 0 Å². The summed E-state index contributed by atoms with van der Waals surface area (Å²) >= 11 is 0. The summed E-state index contributed by atoms with van der Waals surface area (Å²) in [4.78, 5) is 0. The van der Waals surface area contributed by atoms with Gasteiger partial charge in [-0.3, -0.25) is 0 Å². The van der Waals surface area contributed by atoms with Gasteiger partial charge in [-0.2, -0.15) is 0 Å².